The first-order chi connectivity index (χ1) is 16.6. The Morgan fingerprint density at radius 2 is 2.00 bits per heavy atom. The van der Waals surface area contributed by atoms with E-state index in [0.29, 0.717) is 31.3 Å². The molecule has 0 aliphatic carbocycles. The Morgan fingerprint density at radius 3 is 2.66 bits per heavy atom. The maximum absolute atomic E-state index is 14.8. The predicted octanol–water partition coefficient (Wildman–Crippen LogP) is 5.61. The van der Waals surface area contributed by atoms with E-state index in [1.54, 1.807) is 6.92 Å². The number of anilines is 1. The SMILES string of the molecule is COc1cncc(-c2cc(NC(=O)N3CCC(C)CC3c3nnc(C)o3)c(F)cc2C(F)(F)F)c1. The van der Waals surface area contributed by atoms with Gasteiger partial charge in [0, 0.05) is 25.2 Å². The number of nitrogens with zero attached hydrogens (tertiary/aromatic N) is 4. The summed E-state index contributed by atoms with van der Waals surface area (Å²) < 4.78 is 66.6. The summed E-state index contributed by atoms with van der Waals surface area (Å²) in [4.78, 5) is 18.5. The molecule has 2 aromatic heterocycles. The number of amides is 2. The lowest BCUT2D eigenvalue weighted by molar-refractivity contribution is -0.137. The van der Waals surface area contributed by atoms with Gasteiger partial charge in [0.2, 0.25) is 11.8 Å². The number of hydrogen-bond donors (Lipinski definition) is 1. The molecule has 1 aliphatic heterocycles. The van der Waals surface area contributed by atoms with Crippen molar-refractivity contribution in [2.75, 3.05) is 19.0 Å². The minimum Gasteiger partial charge on any atom is -0.495 e. The minimum atomic E-state index is -4.84. The zero-order chi connectivity index (χ0) is 25.3. The zero-order valence-electron chi connectivity index (χ0n) is 19.2. The third-order valence-corrected chi connectivity index (χ3v) is 5.87. The van der Waals surface area contributed by atoms with Crippen LogP contribution in [-0.4, -0.2) is 39.8 Å². The zero-order valence-corrected chi connectivity index (χ0v) is 19.2. The highest BCUT2D eigenvalue weighted by Gasteiger charge is 2.37. The number of benzene rings is 1. The van der Waals surface area contributed by atoms with E-state index in [1.165, 1.54) is 30.5 Å². The van der Waals surface area contributed by atoms with E-state index in [1.807, 2.05) is 6.92 Å². The second-order valence-corrected chi connectivity index (χ2v) is 8.42. The summed E-state index contributed by atoms with van der Waals surface area (Å²) in [5, 5.41) is 10.2. The third-order valence-electron chi connectivity index (χ3n) is 5.87. The highest BCUT2D eigenvalue weighted by atomic mass is 19.4. The molecule has 1 saturated heterocycles. The number of aryl methyl sites for hydroxylation is 1. The van der Waals surface area contributed by atoms with Crippen molar-refractivity contribution in [1.29, 1.82) is 0 Å². The molecule has 12 heteroatoms. The highest BCUT2D eigenvalue weighted by molar-refractivity contribution is 5.91. The third kappa shape index (κ3) is 5.20. The average Bonchev–Trinajstić information content (AvgIpc) is 3.25. The monoisotopic (exact) mass is 493 g/mol. The summed E-state index contributed by atoms with van der Waals surface area (Å²) in [7, 11) is 1.35. The van der Waals surface area contributed by atoms with Gasteiger partial charge in [-0.3, -0.25) is 4.98 Å². The van der Waals surface area contributed by atoms with Crippen molar-refractivity contribution in [3.8, 4) is 16.9 Å². The quantitative estimate of drug-likeness (QED) is 0.475. The normalized spacial score (nSPS) is 18.4. The van der Waals surface area contributed by atoms with Crippen LogP contribution in [0.4, 0.5) is 28.0 Å². The Morgan fingerprint density at radius 1 is 1.23 bits per heavy atom. The fourth-order valence-corrected chi connectivity index (χ4v) is 4.07. The number of carbonyl (C=O) groups is 1. The van der Waals surface area contributed by atoms with Crippen molar-refractivity contribution in [2.45, 2.75) is 38.9 Å². The van der Waals surface area contributed by atoms with Gasteiger partial charge in [0.1, 0.15) is 17.6 Å². The van der Waals surface area contributed by atoms with E-state index in [4.69, 9.17) is 9.15 Å². The topological polar surface area (TPSA) is 93.4 Å². The van der Waals surface area contributed by atoms with Crippen LogP contribution < -0.4 is 10.1 Å². The van der Waals surface area contributed by atoms with Gasteiger partial charge < -0.3 is 19.4 Å². The fraction of sp³-hybridized carbons (Fsp3) is 0.391. The van der Waals surface area contributed by atoms with Gasteiger partial charge in [-0.1, -0.05) is 6.92 Å². The van der Waals surface area contributed by atoms with E-state index < -0.39 is 35.3 Å². The largest absolute Gasteiger partial charge is 0.495 e. The van der Waals surface area contributed by atoms with Crippen LogP contribution in [0.1, 0.15) is 43.2 Å². The summed E-state index contributed by atoms with van der Waals surface area (Å²) in [6.45, 7) is 3.98. The molecule has 4 rings (SSSR count). The van der Waals surface area contributed by atoms with Gasteiger partial charge in [0.05, 0.1) is 24.6 Å². The maximum atomic E-state index is 14.8. The Labute approximate surface area is 198 Å². The molecule has 3 aromatic rings. The van der Waals surface area contributed by atoms with Crippen molar-refractivity contribution in [2.24, 2.45) is 5.92 Å². The molecule has 1 N–H and O–H groups in total. The van der Waals surface area contributed by atoms with Gasteiger partial charge >= 0.3 is 12.2 Å². The smallest absolute Gasteiger partial charge is 0.417 e. The Kier molecular flexibility index (Phi) is 6.64. The molecule has 186 valence electrons. The number of carbonyl (C=O) groups excluding carboxylic acids is 1. The molecule has 0 spiro atoms. The van der Waals surface area contributed by atoms with Crippen molar-refractivity contribution in [1.82, 2.24) is 20.1 Å². The van der Waals surface area contributed by atoms with Gasteiger partial charge in [-0.25, -0.2) is 9.18 Å². The number of alkyl halides is 3. The summed E-state index contributed by atoms with van der Waals surface area (Å²) in [5.41, 5.74) is -1.90. The number of urea groups is 1. The number of halogens is 4. The molecular formula is C23H23F4N5O3. The van der Waals surface area contributed by atoms with Crippen molar-refractivity contribution in [3.05, 3.63) is 53.8 Å². The highest BCUT2D eigenvalue weighted by Crippen LogP contribution is 2.41. The summed E-state index contributed by atoms with van der Waals surface area (Å²) in [5.74, 6) is -0.137. The Hall–Kier alpha value is -3.70. The maximum Gasteiger partial charge on any atom is 0.417 e. The van der Waals surface area contributed by atoms with E-state index in [9.17, 15) is 22.4 Å². The van der Waals surface area contributed by atoms with Gasteiger partial charge in [-0.2, -0.15) is 13.2 Å². The van der Waals surface area contributed by atoms with Gasteiger partial charge in [-0.05, 0) is 42.5 Å². The molecule has 0 radical (unpaired) electrons. The van der Waals surface area contributed by atoms with E-state index >= 15 is 0 Å². The molecule has 3 heterocycles. The van der Waals surface area contributed by atoms with Crippen LogP contribution >= 0.6 is 0 Å². The number of nitrogens with one attached hydrogen (secondary N) is 1. The standard InChI is InChI=1S/C23H23F4N5O3/c1-12-4-5-32(20(6-12)21-31-30-13(2)35-21)22(33)29-19-8-16(14-7-15(34-3)11-28-10-14)17(9-18(19)24)23(25,26)27/h7-12,20H,4-6H2,1-3H3,(H,29,33). The molecule has 1 aliphatic rings. The lowest BCUT2D eigenvalue weighted by atomic mass is 9.92. The van der Waals surface area contributed by atoms with Crippen molar-refractivity contribution in [3.63, 3.8) is 0 Å². The van der Waals surface area contributed by atoms with Gasteiger partial charge in [0.25, 0.3) is 0 Å². The van der Waals surface area contributed by atoms with E-state index in [-0.39, 0.29) is 28.7 Å². The number of pyridine rings is 1. The lowest BCUT2D eigenvalue weighted by Gasteiger charge is -2.36. The first-order valence-electron chi connectivity index (χ1n) is 10.8. The van der Waals surface area contributed by atoms with Crippen molar-refractivity contribution < 1.29 is 31.5 Å². The molecule has 1 fully saturated rings. The van der Waals surface area contributed by atoms with Crippen LogP contribution in [0, 0.1) is 18.7 Å². The molecule has 35 heavy (non-hydrogen) atoms. The first kappa shape index (κ1) is 24.4. The number of piperidine rings is 1. The van der Waals surface area contributed by atoms with Crippen LogP contribution in [-0.2, 0) is 6.18 Å². The minimum absolute atomic E-state index is 0.0539. The van der Waals surface area contributed by atoms with E-state index in [2.05, 4.69) is 20.5 Å². The van der Waals surface area contributed by atoms with Gasteiger partial charge in [-0.15, -0.1) is 10.2 Å². The molecule has 0 saturated carbocycles. The predicted molar refractivity (Wildman–Crippen MR) is 117 cm³/mol. The number of aromatic nitrogens is 3. The molecular weight excluding hydrogens is 470 g/mol. The molecule has 8 nitrogen and oxygen atoms in total. The number of rotatable bonds is 4. The summed E-state index contributed by atoms with van der Waals surface area (Å²) >= 11 is 0. The first-order valence-corrected chi connectivity index (χ1v) is 10.8. The van der Waals surface area contributed by atoms with Crippen LogP contribution in [0.2, 0.25) is 0 Å². The van der Waals surface area contributed by atoms with Gasteiger partial charge in [0.15, 0.2) is 0 Å². The fourth-order valence-electron chi connectivity index (χ4n) is 4.07. The Bertz CT molecular complexity index is 1230. The number of hydrogen-bond acceptors (Lipinski definition) is 6. The van der Waals surface area contributed by atoms with Crippen LogP contribution in [0.5, 0.6) is 5.75 Å². The number of likely N-dealkylation sites (tertiary alicyclic amines) is 1. The van der Waals surface area contributed by atoms with E-state index in [0.717, 1.165) is 6.07 Å². The number of methoxy groups -OCH3 is 1. The molecule has 0 bridgehead atoms. The average molecular weight is 493 g/mol. The molecule has 1 aromatic carbocycles. The molecule has 2 amide bonds. The van der Waals surface area contributed by atoms with Crippen LogP contribution in [0.3, 0.4) is 0 Å². The molecule has 2 unspecified atom stereocenters. The lowest BCUT2D eigenvalue weighted by Crippen LogP contribution is -2.43. The Balaban J connectivity index is 1.69. The summed E-state index contributed by atoms with van der Waals surface area (Å²) in [6.07, 6.45) is -1.07. The second-order valence-electron chi connectivity index (χ2n) is 8.42. The van der Waals surface area contributed by atoms with Crippen LogP contribution in [0.15, 0.2) is 35.0 Å². The van der Waals surface area contributed by atoms with Crippen LogP contribution in [0.25, 0.3) is 11.1 Å². The summed E-state index contributed by atoms with van der Waals surface area (Å²) in [6, 6.07) is 1.43. The number of ether oxygens (including phenoxy) is 1. The molecule has 2 atom stereocenters. The van der Waals surface area contributed by atoms with Crippen molar-refractivity contribution >= 4 is 11.7 Å². The second kappa shape index (κ2) is 9.51.